The highest BCUT2D eigenvalue weighted by atomic mass is 15.0. The molecule has 3 nitrogen and oxygen atoms in total. The van der Waals surface area contributed by atoms with Gasteiger partial charge in [0.05, 0.1) is 11.7 Å². The predicted octanol–water partition coefficient (Wildman–Crippen LogP) is 1.78. The van der Waals surface area contributed by atoms with Crippen molar-refractivity contribution in [2.24, 2.45) is 11.7 Å². The molecule has 0 amide bonds. The van der Waals surface area contributed by atoms with Gasteiger partial charge in [0.1, 0.15) is 5.82 Å². The van der Waals surface area contributed by atoms with E-state index in [-0.39, 0.29) is 0 Å². The third kappa shape index (κ3) is 2.02. The van der Waals surface area contributed by atoms with E-state index in [2.05, 4.69) is 34.6 Å². The maximum atomic E-state index is 5.62. The summed E-state index contributed by atoms with van der Waals surface area (Å²) in [5.41, 5.74) is 8.11. The van der Waals surface area contributed by atoms with E-state index in [4.69, 9.17) is 5.73 Å². The van der Waals surface area contributed by atoms with Gasteiger partial charge < -0.3 is 10.1 Å². The van der Waals surface area contributed by atoms with E-state index in [0.717, 1.165) is 24.3 Å². The summed E-state index contributed by atoms with van der Waals surface area (Å²) in [4.78, 5) is 4.27. The lowest BCUT2D eigenvalue weighted by atomic mass is 10.0. The lowest BCUT2D eigenvalue weighted by Gasteiger charge is -2.08. The van der Waals surface area contributed by atoms with E-state index in [1.807, 2.05) is 13.1 Å². The Labute approximate surface area is 89.9 Å². The third-order valence-electron chi connectivity index (χ3n) is 2.77. The zero-order valence-electron chi connectivity index (χ0n) is 9.27. The van der Waals surface area contributed by atoms with Crippen LogP contribution in [0.4, 0.5) is 0 Å². The molecule has 0 fully saturated rings. The minimum Gasteiger partial charge on any atom is -0.330 e. The standard InChI is InChI=1S/C12H17N3/c1-9(7-13)5-11-3-4-15-10(2)14-8-12(15)6-11/h3-4,6,8-9H,5,7,13H2,1-2H3. The molecule has 0 aromatic carbocycles. The molecule has 0 saturated carbocycles. The average molecular weight is 203 g/mol. The fourth-order valence-corrected chi connectivity index (χ4v) is 1.79. The van der Waals surface area contributed by atoms with Crippen LogP contribution in [0, 0.1) is 12.8 Å². The molecule has 1 unspecified atom stereocenters. The number of pyridine rings is 1. The maximum absolute atomic E-state index is 5.62. The Bertz CT molecular complexity index is 459. The highest BCUT2D eigenvalue weighted by Gasteiger charge is 2.03. The van der Waals surface area contributed by atoms with Crippen LogP contribution in [0.2, 0.25) is 0 Å². The fraction of sp³-hybridized carbons (Fsp3) is 0.417. The van der Waals surface area contributed by atoms with Crippen LogP contribution in [0.3, 0.4) is 0 Å². The summed E-state index contributed by atoms with van der Waals surface area (Å²) in [5.74, 6) is 1.57. The van der Waals surface area contributed by atoms with Crippen molar-refractivity contribution in [3.63, 3.8) is 0 Å². The van der Waals surface area contributed by atoms with Crippen LogP contribution in [0.1, 0.15) is 18.3 Å². The quantitative estimate of drug-likeness (QED) is 0.826. The number of hydrogen-bond acceptors (Lipinski definition) is 2. The average Bonchev–Trinajstić information content (AvgIpc) is 2.60. The van der Waals surface area contributed by atoms with Gasteiger partial charge in [0.15, 0.2) is 0 Å². The Balaban J connectivity index is 2.31. The number of rotatable bonds is 3. The molecule has 0 aliphatic rings. The molecule has 2 rings (SSSR count). The van der Waals surface area contributed by atoms with Crippen LogP contribution in [-0.4, -0.2) is 15.9 Å². The summed E-state index contributed by atoms with van der Waals surface area (Å²) in [5, 5.41) is 0. The monoisotopic (exact) mass is 203 g/mol. The van der Waals surface area contributed by atoms with Crippen molar-refractivity contribution in [3.05, 3.63) is 35.9 Å². The van der Waals surface area contributed by atoms with Gasteiger partial charge in [-0.1, -0.05) is 6.92 Å². The van der Waals surface area contributed by atoms with Crippen molar-refractivity contribution in [1.82, 2.24) is 9.38 Å². The highest BCUT2D eigenvalue weighted by Crippen LogP contribution is 2.12. The van der Waals surface area contributed by atoms with Crippen molar-refractivity contribution < 1.29 is 0 Å². The predicted molar refractivity (Wildman–Crippen MR) is 61.9 cm³/mol. The number of aryl methyl sites for hydroxylation is 1. The number of aromatic nitrogens is 2. The third-order valence-corrected chi connectivity index (χ3v) is 2.77. The molecule has 2 aromatic heterocycles. The van der Waals surface area contributed by atoms with Gasteiger partial charge in [0.25, 0.3) is 0 Å². The minimum absolute atomic E-state index is 0.538. The molecule has 0 radical (unpaired) electrons. The molecule has 0 spiro atoms. The maximum Gasteiger partial charge on any atom is 0.110 e. The zero-order valence-corrected chi connectivity index (χ0v) is 9.27. The number of hydrogen-bond donors (Lipinski definition) is 1. The van der Waals surface area contributed by atoms with Crippen LogP contribution >= 0.6 is 0 Å². The first-order valence-electron chi connectivity index (χ1n) is 5.33. The molecular weight excluding hydrogens is 186 g/mol. The van der Waals surface area contributed by atoms with Crippen molar-refractivity contribution >= 4 is 5.52 Å². The molecule has 2 aromatic rings. The number of nitrogens with zero attached hydrogens (tertiary/aromatic N) is 2. The lowest BCUT2D eigenvalue weighted by molar-refractivity contribution is 0.593. The van der Waals surface area contributed by atoms with Gasteiger partial charge in [-0.2, -0.15) is 0 Å². The molecule has 1 atom stereocenters. The lowest BCUT2D eigenvalue weighted by Crippen LogP contribution is -2.13. The van der Waals surface area contributed by atoms with Crippen LogP contribution in [0.5, 0.6) is 0 Å². The van der Waals surface area contributed by atoms with Crippen molar-refractivity contribution in [2.75, 3.05) is 6.54 Å². The van der Waals surface area contributed by atoms with Crippen LogP contribution in [0.15, 0.2) is 24.5 Å². The number of imidazole rings is 1. The molecule has 80 valence electrons. The molecule has 2 heterocycles. The van der Waals surface area contributed by atoms with E-state index in [1.165, 1.54) is 5.56 Å². The first-order chi connectivity index (χ1) is 7.20. The first-order valence-corrected chi connectivity index (χ1v) is 5.33. The SMILES string of the molecule is Cc1ncc2cc(CC(C)CN)ccn12. The molecule has 0 aliphatic carbocycles. The second kappa shape index (κ2) is 4.03. The zero-order chi connectivity index (χ0) is 10.8. The number of fused-ring (bicyclic) bond motifs is 1. The van der Waals surface area contributed by atoms with Gasteiger partial charge in [-0.3, -0.25) is 0 Å². The minimum atomic E-state index is 0.538. The molecule has 0 bridgehead atoms. The van der Waals surface area contributed by atoms with Gasteiger partial charge in [-0.15, -0.1) is 0 Å². The molecule has 0 saturated heterocycles. The Morgan fingerprint density at radius 2 is 2.33 bits per heavy atom. The molecular formula is C12H17N3. The topological polar surface area (TPSA) is 43.3 Å². The first kappa shape index (κ1) is 10.2. The van der Waals surface area contributed by atoms with E-state index in [1.54, 1.807) is 0 Å². The smallest absolute Gasteiger partial charge is 0.110 e. The summed E-state index contributed by atoms with van der Waals surface area (Å²) in [6, 6.07) is 4.33. The van der Waals surface area contributed by atoms with Crippen LogP contribution in [-0.2, 0) is 6.42 Å². The van der Waals surface area contributed by atoms with E-state index < -0.39 is 0 Å². The van der Waals surface area contributed by atoms with E-state index >= 15 is 0 Å². The summed E-state index contributed by atoms with van der Waals surface area (Å²) in [6.07, 6.45) is 5.03. The van der Waals surface area contributed by atoms with Crippen LogP contribution < -0.4 is 5.73 Å². The summed E-state index contributed by atoms with van der Waals surface area (Å²) in [7, 11) is 0. The molecule has 15 heavy (non-hydrogen) atoms. The molecule has 2 N–H and O–H groups in total. The normalized spacial score (nSPS) is 13.3. The van der Waals surface area contributed by atoms with Crippen molar-refractivity contribution in [3.8, 4) is 0 Å². The van der Waals surface area contributed by atoms with Gasteiger partial charge >= 0.3 is 0 Å². The summed E-state index contributed by atoms with van der Waals surface area (Å²) >= 11 is 0. The van der Waals surface area contributed by atoms with E-state index in [9.17, 15) is 0 Å². The Kier molecular flexibility index (Phi) is 2.73. The van der Waals surface area contributed by atoms with Gasteiger partial charge in [0.2, 0.25) is 0 Å². The van der Waals surface area contributed by atoms with Crippen molar-refractivity contribution in [2.45, 2.75) is 20.3 Å². The molecule has 3 heteroatoms. The summed E-state index contributed by atoms with van der Waals surface area (Å²) < 4.78 is 2.09. The van der Waals surface area contributed by atoms with Gasteiger partial charge in [0, 0.05) is 6.20 Å². The van der Waals surface area contributed by atoms with E-state index in [0.29, 0.717) is 5.92 Å². The molecule has 0 aliphatic heterocycles. The van der Waals surface area contributed by atoms with Crippen molar-refractivity contribution in [1.29, 1.82) is 0 Å². The largest absolute Gasteiger partial charge is 0.330 e. The second-order valence-corrected chi connectivity index (χ2v) is 4.18. The second-order valence-electron chi connectivity index (χ2n) is 4.18. The Hall–Kier alpha value is -1.35. The number of nitrogens with two attached hydrogens (primary N) is 1. The van der Waals surface area contributed by atoms with Crippen LogP contribution in [0.25, 0.3) is 5.52 Å². The fourth-order valence-electron chi connectivity index (χ4n) is 1.79. The van der Waals surface area contributed by atoms with Gasteiger partial charge in [-0.25, -0.2) is 4.98 Å². The summed E-state index contributed by atoms with van der Waals surface area (Å²) in [6.45, 7) is 4.92. The highest BCUT2D eigenvalue weighted by molar-refractivity contribution is 5.48. The Morgan fingerprint density at radius 3 is 3.07 bits per heavy atom. The van der Waals surface area contributed by atoms with Gasteiger partial charge in [-0.05, 0) is 43.5 Å². The Morgan fingerprint density at radius 1 is 1.53 bits per heavy atom.